The Kier molecular flexibility index (Phi) is 5.02. The van der Waals surface area contributed by atoms with Gasteiger partial charge in [0.25, 0.3) is 11.6 Å². The van der Waals surface area contributed by atoms with Crippen LogP contribution >= 0.6 is 0 Å². The molecule has 0 aromatic heterocycles. The Hall–Kier alpha value is -2.44. The van der Waals surface area contributed by atoms with E-state index in [0.717, 1.165) is 0 Å². The molecule has 2 N–H and O–H groups in total. The molecule has 7 heteroatoms. The summed E-state index contributed by atoms with van der Waals surface area (Å²) in [6.45, 7) is 5.08. The maximum absolute atomic E-state index is 12.2. The zero-order chi connectivity index (χ0) is 16.2. The first-order valence-electron chi connectivity index (χ1n) is 6.41. The standard InChI is InChI=1S/C14H18N2O5/c1-9-6-10(8-11(7-9)16(20)21)13(19)15-14(2,3)5-4-12(17)18/h6-8H,4-5H2,1-3H3,(H,15,19)(H,17,18). The summed E-state index contributed by atoms with van der Waals surface area (Å²) in [7, 11) is 0. The summed E-state index contributed by atoms with van der Waals surface area (Å²) in [6.07, 6.45) is 0.198. The molecule has 1 aromatic carbocycles. The third-order valence-corrected chi connectivity index (χ3v) is 2.95. The van der Waals surface area contributed by atoms with Gasteiger partial charge in [0.05, 0.1) is 4.92 Å². The van der Waals surface area contributed by atoms with E-state index in [9.17, 15) is 19.7 Å². The monoisotopic (exact) mass is 294 g/mol. The number of nitrogens with one attached hydrogen (secondary N) is 1. The molecule has 0 atom stereocenters. The Bertz CT molecular complexity index is 581. The van der Waals surface area contributed by atoms with Gasteiger partial charge in [-0.05, 0) is 38.8 Å². The SMILES string of the molecule is Cc1cc(C(=O)NC(C)(C)CCC(=O)O)cc([N+](=O)[O-])c1. The van der Waals surface area contributed by atoms with Crippen LogP contribution in [0.25, 0.3) is 0 Å². The number of benzene rings is 1. The first-order chi connectivity index (χ1) is 9.60. The summed E-state index contributed by atoms with van der Waals surface area (Å²) >= 11 is 0. The fourth-order valence-corrected chi connectivity index (χ4v) is 1.86. The normalized spacial score (nSPS) is 11.0. The van der Waals surface area contributed by atoms with Gasteiger partial charge in [-0.1, -0.05) is 0 Å². The smallest absolute Gasteiger partial charge is 0.303 e. The number of rotatable bonds is 6. The van der Waals surface area contributed by atoms with Crippen LogP contribution in [0.5, 0.6) is 0 Å². The van der Waals surface area contributed by atoms with Gasteiger partial charge in [-0.2, -0.15) is 0 Å². The van der Waals surface area contributed by atoms with Crippen molar-refractivity contribution in [3.8, 4) is 0 Å². The largest absolute Gasteiger partial charge is 0.481 e. The van der Waals surface area contributed by atoms with Gasteiger partial charge in [0.1, 0.15) is 0 Å². The zero-order valence-corrected chi connectivity index (χ0v) is 12.2. The van der Waals surface area contributed by atoms with E-state index in [1.54, 1.807) is 26.8 Å². The van der Waals surface area contributed by atoms with E-state index in [0.29, 0.717) is 5.56 Å². The molecule has 0 fully saturated rings. The molecule has 114 valence electrons. The summed E-state index contributed by atoms with van der Waals surface area (Å²) in [4.78, 5) is 33.0. The lowest BCUT2D eigenvalue weighted by atomic mass is 9.97. The van der Waals surface area contributed by atoms with Crippen molar-refractivity contribution in [3.05, 3.63) is 39.4 Å². The summed E-state index contributed by atoms with van der Waals surface area (Å²) in [5.41, 5.74) is -0.0696. The van der Waals surface area contributed by atoms with Crippen LogP contribution in [-0.2, 0) is 4.79 Å². The molecule has 0 saturated heterocycles. The summed E-state index contributed by atoms with van der Waals surface area (Å²) < 4.78 is 0. The number of aliphatic carboxylic acids is 1. The van der Waals surface area contributed by atoms with Crippen molar-refractivity contribution in [2.75, 3.05) is 0 Å². The maximum Gasteiger partial charge on any atom is 0.303 e. The molecule has 0 saturated carbocycles. The molecule has 1 amide bonds. The number of carboxylic acids is 1. The minimum absolute atomic E-state index is 0.0682. The highest BCUT2D eigenvalue weighted by molar-refractivity contribution is 5.95. The van der Waals surface area contributed by atoms with Crippen molar-refractivity contribution in [1.82, 2.24) is 5.32 Å². The molecule has 1 rings (SSSR count). The van der Waals surface area contributed by atoms with Crippen molar-refractivity contribution in [1.29, 1.82) is 0 Å². The van der Waals surface area contributed by atoms with Gasteiger partial charge in [-0.15, -0.1) is 0 Å². The molecule has 0 aliphatic heterocycles. The molecule has 0 radical (unpaired) electrons. The summed E-state index contributed by atoms with van der Waals surface area (Å²) in [6, 6.07) is 4.14. The second-order valence-corrected chi connectivity index (χ2v) is 5.55. The fraction of sp³-hybridized carbons (Fsp3) is 0.429. The van der Waals surface area contributed by atoms with E-state index in [2.05, 4.69) is 5.32 Å². The molecular formula is C14H18N2O5. The second-order valence-electron chi connectivity index (χ2n) is 5.55. The van der Waals surface area contributed by atoms with Gasteiger partial charge in [-0.25, -0.2) is 0 Å². The topological polar surface area (TPSA) is 110 Å². The van der Waals surface area contributed by atoms with E-state index in [1.165, 1.54) is 12.1 Å². The summed E-state index contributed by atoms with van der Waals surface area (Å²) in [5.74, 6) is -1.40. The van der Waals surface area contributed by atoms with Crippen LogP contribution < -0.4 is 5.32 Å². The highest BCUT2D eigenvalue weighted by atomic mass is 16.6. The third kappa shape index (κ3) is 5.21. The minimum Gasteiger partial charge on any atom is -0.481 e. The zero-order valence-electron chi connectivity index (χ0n) is 12.2. The molecule has 0 aliphatic carbocycles. The molecule has 0 bridgehead atoms. The Balaban J connectivity index is 2.88. The van der Waals surface area contributed by atoms with Crippen molar-refractivity contribution in [2.24, 2.45) is 0 Å². The number of aryl methyl sites for hydroxylation is 1. The summed E-state index contributed by atoms with van der Waals surface area (Å²) in [5, 5.41) is 22.2. The van der Waals surface area contributed by atoms with Crippen LogP contribution in [0, 0.1) is 17.0 Å². The van der Waals surface area contributed by atoms with Crippen LogP contribution in [0.15, 0.2) is 18.2 Å². The first-order valence-corrected chi connectivity index (χ1v) is 6.41. The van der Waals surface area contributed by atoms with Gasteiger partial charge in [0.15, 0.2) is 0 Å². The molecule has 21 heavy (non-hydrogen) atoms. The van der Waals surface area contributed by atoms with Crippen molar-refractivity contribution < 1.29 is 19.6 Å². The van der Waals surface area contributed by atoms with Crippen LogP contribution in [-0.4, -0.2) is 27.4 Å². The molecule has 0 aliphatic rings. The first kappa shape index (κ1) is 16.6. The number of hydrogen-bond acceptors (Lipinski definition) is 4. The number of carbonyl (C=O) groups is 2. The van der Waals surface area contributed by atoms with Gasteiger partial charge in [0, 0.05) is 29.7 Å². The third-order valence-electron chi connectivity index (χ3n) is 2.95. The number of non-ortho nitro benzene ring substituents is 1. The van der Waals surface area contributed by atoms with Crippen LogP contribution in [0.2, 0.25) is 0 Å². The van der Waals surface area contributed by atoms with Gasteiger partial charge < -0.3 is 10.4 Å². The molecular weight excluding hydrogens is 276 g/mol. The molecule has 0 spiro atoms. The fourth-order valence-electron chi connectivity index (χ4n) is 1.86. The Morgan fingerprint density at radius 2 is 1.95 bits per heavy atom. The van der Waals surface area contributed by atoms with Crippen molar-refractivity contribution in [3.63, 3.8) is 0 Å². The second kappa shape index (κ2) is 6.34. The Labute approximate surface area is 122 Å². The molecule has 1 aromatic rings. The lowest BCUT2D eigenvalue weighted by Crippen LogP contribution is -2.43. The van der Waals surface area contributed by atoms with Crippen LogP contribution in [0.1, 0.15) is 42.6 Å². The average Bonchev–Trinajstić information content (AvgIpc) is 2.35. The van der Waals surface area contributed by atoms with E-state index in [1.807, 2.05) is 0 Å². The number of carbonyl (C=O) groups excluding carboxylic acids is 1. The number of amides is 1. The Morgan fingerprint density at radius 1 is 1.33 bits per heavy atom. The van der Waals surface area contributed by atoms with Crippen LogP contribution in [0.3, 0.4) is 0 Å². The van der Waals surface area contributed by atoms with E-state index >= 15 is 0 Å². The number of carboxylic acid groups (broad SMARTS) is 1. The lowest BCUT2D eigenvalue weighted by molar-refractivity contribution is -0.384. The number of nitrogens with zero attached hydrogens (tertiary/aromatic N) is 1. The number of nitro benzene ring substituents is 1. The highest BCUT2D eigenvalue weighted by Crippen LogP contribution is 2.18. The van der Waals surface area contributed by atoms with Gasteiger partial charge in [0.2, 0.25) is 0 Å². The van der Waals surface area contributed by atoms with E-state index < -0.39 is 22.3 Å². The van der Waals surface area contributed by atoms with Gasteiger partial charge in [-0.3, -0.25) is 19.7 Å². The highest BCUT2D eigenvalue weighted by Gasteiger charge is 2.23. The molecule has 7 nitrogen and oxygen atoms in total. The minimum atomic E-state index is -0.941. The van der Waals surface area contributed by atoms with E-state index in [-0.39, 0.29) is 24.1 Å². The average molecular weight is 294 g/mol. The Morgan fingerprint density at radius 3 is 2.48 bits per heavy atom. The predicted octanol–water partition coefficient (Wildman–Crippen LogP) is 2.28. The van der Waals surface area contributed by atoms with E-state index in [4.69, 9.17) is 5.11 Å². The molecule has 0 unspecified atom stereocenters. The lowest BCUT2D eigenvalue weighted by Gasteiger charge is -2.25. The van der Waals surface area contributed by atoms with Crippen molar-refractivity contribution >= 4 is 17.6 Å². The van der Waals surface area contributed by atoms with Crippen LogP contribution in [0.4, 0.5) is 5.69 Å². The number of nitro groups is 1. The van der Waals surface area contributed by atoms with Gasteiger partial charge >= 0.3 is 5.97 Å². The maximum atomic E-state index is 12.2. The quantitative estimate of drug-likeness (QED) is 0.617. The number of hydrogen-bond donors (Lipinski definition) is 2. The molecule has 0 heterocycles. The predicted molar refractivity (Wildman–Crippen MR) is 76.2 cm³/mol. The van der Waals surface area contributed by atoms with Crippen molar-refractivity contribution in [2.45, 2.75) is 39.2 Å².